The number of ether oxygens (including phenoxy) is 2. The summed E-state index contributed by atoms with van der Waals surface area (Å²) in [6, 6.07) is 16.3. The summed E-state index contributed by atoms with van der Waals surface area (Å²) in [6.07, 6.45) is 5.29. The number of rotatable bonds is 8. The van der Waals surface area contributed by atoms with Crippen molar-refractivity contribution in [3.63, 3.8) is 0 Å². The Balaban J connectivity index is 1.62. The highest BCUT2D eigenvalue weighted by Gasteiger charge is 2.28. The van der Waals surface area contributed by atoms with Crippen molar-refractivity contribution < 1.29 is 17.9 Å². The number of pyridine rings is 1. The van der Waals surface area contributed by atoms with Crippen LogP contribution < -0.4 is 14.8 Å². The summed E-state index contributed by atoms with van der Waals surface area (Å²) >= 11 is 0. The van der Waals surface area contributed by atoms with E-state index in [9.17, 15) is 8.42 Å². The average Bonchev–Trinajstić information content (AvgIpc) is 3.66. The Labute approximate surface area is 237 Å². The van der Waals surface area contributed by atoms with E-state index >= 15 is 0 Å². The lowest BCUT2D eigenvalue weighted by Gasteiger charge is -2.12. The second-order valence-corrected chi connectivity index (χ2v) is 11.7. The molecule has 4 heterocycles. The number of nitrogens with one attached hydrogen (secondary N) is 1. The molecule has 4 aromatic heterocycles. The first-order valence-corrected chi connectivity index (χ1v) is 14.4. The largest absolute Gasteiger partial charge is 0.493 e. The normalized spacial score (nSPS) is 11.8. The minimum atomic E-state index is -4.03. The minimum Gasteiger partial charge on any atom is -0.493 e. The molecule has 41 heavy (non-hydrogen) atoms. The van der Waals surface area contributed by atoms with E-state index in [1.165, 1.54) is 3.97 Å². The topological polar surface area (TPSA) is 105 Å². The number of aryl methyl sites for hydroxylation is 3. The highest BCUT2D eigenvalue weighted by atomic mass is 32.2. The molecule has 0 saturated carbocycles. The maximum Gasteiger partial charge on any atom is 0.269 e. The van der Waals surface area contributed by atoms with Crippen LogP contribution in [0.25, 0.3) is 33.2 Å². The number of anilines is 1. The number of nitrogens with zero attached hydrogens (tertiary/aromatic N) is 5. The SMILES string of the molecule is COc1cc2c(-c3cc4c(CNc5ccnn5C)ccnc4n3S(=O)(=O)c3ccc(C)cc3)cn(C)c2cc1OC. The number of hydrogen-bond donors (Lipinski definition) is 1. The van der Waals surface area contributed by atoms with Crippen LogP contribution in [0.4, 0.5) is 5.82 Å². The molecular weight excluding hydrogens is 540 g/mol. The summed E-state index contributed by atoms with van der Waals surface area (Å²) in [5.41, 5.74) is 4.31. The molecule has 0 radical (unpaired) electrons. The van der Waals surface area contributed by atoms with Crippen molar-refractivity contribution in [3.05, 3.63) is 84.3 Å². The van der Waals surface area contributed by atoms with E-state index in [0.717, 1.165) is 38.8 Å². The molecular formula is C30H30N6O4S. The molecule has 1 N–H and O–H groups in total. The molecule has 0 spiro atoms. The zero-order valence-corrected chi connectivity index (χ0v) is 24.2. The van der Waals surface area contributed by atoms with Gasteiger partial charge in [-0.15, -0.1) is 0 Å². The summed E-state index contributed by atoms with van der Waals surface area (Å²) in [5.74, 6) is 1.98. The van der Waals surface area contributed by atoms with Crippen LogP contribution in [0, 0.1) is 6.92 Å². The number of fused-ring (bicyclic) bond motifs is 2. The number of benzene rings is 2. The molecule has 0 fully saturated rings. The van der Waals surface area contributed by atoms with Gasteiger partial charge in [-0.1, -0.05) is 17.7 Å². The molecule has 0 bridgehead atoms. The van der Waals surface area contributed by atoms with E-state index in [0.29, 0.717) is 29.4 Å². The van der Waals surface area contributed by atoms with E-state index in [1.807, 2.05) is 62.1 Å². The Bertz CT molecular complexity index is 2020. The Morgan fingerprint density at radius 3 is 2.32 bits per heavy atom. The quantitative estimate of drug-likeness (QED) is 0.271. The Morgan fingerprint density at radius 2 is 1.63 bits per heavy atom. The van der Waals surface area contributed by atoms with Crippen LogP contribution in [-0.2, 0) is 30.7 Å². The fraction of sp³-hybridized carbons (Fsp3) is 0.200. The van der Waals surface area contributed by atoms with Crippen LogP contribution in [-0.4, -0.2) is 45.9 Å². The van der Waals surface area contributed by atoms with Crippen molar-refractivity contribution >= 4 is 37.8 Å². The average molecular weight is 571 g/mol. The molecule has 0 amide bonds. The lowest BCUT2D eigenvalue weighted by molar-refractivity contribution is 0.355. The van der Waals surface area contributed by atoms with E-state index in [2.05, 4.69) is 15.4 Å². The van der Waals surface area contributed by atoms with Gasteiger partial charge in [-0.25, -0.2) is 17.4 Å². The smallest absolute Gasteiger partial charge is 0.269 e. The predicted molar refractivity (Wildman–Crippen MR) is 159 cm³/mol. The van der Waals surface area contributed by atoms with Gasteiger partial charge in [0.15, 0.2) is 17.1 Å². The van der Waals surface area contributed by atoms with Gasteiger partial charge in [0.05, 0.1) is 36.5 Å². The fourth-order valence-corrected chi connectivity index (χ4v) is 6.65. The first-order chi connectivity index (χ1) is 19.7. The molecule has 0 atom stereocenters. The highest BCUT2D eigenvalue weighted by molar-refractivity contribution is 7.90. The van der Waals surface area contributed by atoms with Crippen molar-refractivity contribution in [2.24, 2.45) is 14.1 Å². The standard InChI is InChI=1S/C30H30N6O4S/c1-19-6-8-21(9-7-19)41(37,38)36-26(24-18-34(2)25-16-28(40-5)27(39-4)15-23(24)25)14-22-20(10-12-31-30(22)36)17-32-29-11-13-33-35(29)3/h6-16,18,32H,17H2,1-5H3. The molecule has 2 aromatic carbocycles. The van der Waals surface area contributed by atoms with Crippen LogP contribution in [0.2, 0.25) is 0 Å². The van der Waals surface area contributed by atoms with Gasteiger partial charge < -0.3 is 19.4 Å². The predicted octanol–water partition coefficient (Wildman–Crippen LogP) is 5.10. The third-order valence-electron chi connectivity index (χ3n) is 7.36. The first kappa shape index (κ1) is 26.5. The molecule has 6 rings (SSSR count). The van der Waals surface area contributed by atoms with Crippen molar-refractivity contribution in [1.29, 1.82) is 0 Å². The molecule has 10 nitrogen and oxygen atoms in total. The molecule has 0 unspecified atom stereocenters. The van der Waals surface area contributed by atoms with E-state index in [1.54, 1.807) is 55.6 Å². The third-order valence-corrected chi connectivity index (χ3v) is 9.08. The van der Waals surface area contributed by atoms with Gasteiger partial charge in [0.2, 0.25) is 0 Å². The number of methoxy groups -OCH3 is 2. The maximum atomic E-state index is 14.3. The monoisotopic (exact) mass is 570 g/mol. The van der Waals surface area contributed by atoms with Crippen LogP contribution in [0.3, 0.4) is 0 Å². The Morgan fingerprint density at radius 1 is 0.902 bits per heavy atom. The van der Waals surface area contributed by atoms with Gasteiger partial charge in [-0.05, 0) is 42.8 Å². The first-order valence-electron chi connectivity index (χ1n) is 13.0. The van der Waals surface area contributed by atoms with Gasteiger partial charge in [0.25, 0.3) is 10.0 Å². The zero-order valence-electron chi connectivity index (χ0n) is 23.4. The second-order valence-electron chi connectivity index (χ2n) is 9.89. The van der Waals surface area contributed by atoms with Gasteiger partial charge in [-0.2, -0.15) is 5.10 Å². The van der Waals surface area contributed by atoms with Gasteiger partial charge in [0, 0.05) is 61.5 Å². The van der Waals surface area contributed by atoms with E-state index in [4.69, 9.17) is 9.47 Å². The summed E-state index contributed by atoms with van der Waals surface area (Å²) in [4.78, 5) is 4.78. The van der Waals surface area contributed by atoms with Crippen molar-refractivity contribution in [3.8, 4) is 22.8 Å². The summed E-state index contributed by atoms with van der Waals surface area (Å²) < 4.78 is 44.8. The van der Waals surface area contributed by atoms with E-state index < -0.39 is 10.0 Å². The zero-order chi connectivity index (χ0) is 28.9. The van der Waals surface area contributed by atoms with Crippen LogP contribution >= 0.6 is 0 Å². The van der Waals surface area contributed by atoms with Gasteiger partial charge in [0.1, 0.15) is 5.82 Å². The van der Waals surface area contributed by atoms with E-state index in [-0.39, 0.29) is 4.90 Å². The molecule has 0 aliphatic heterocycles. The molecule has 0 aliphatic rings. The molecule has 210 valence electrons. The highest BCUT2D eigenvalue weighted by Crippen LogP contribution is 2.41. The van der Waals surface area contributed by atoms with Crippen molar-refractivity contribution in [2.75, 3.05) is 19.5 Å². The molecule has 11 heteroatoms. The Kier molecular flexibility index (Phi) is 6.46. The van der Waals surface area contributed by atoms with Gasteiger partial charge in [-0.3, -0.25) is 4.68 Å². The second kappa shape index (κ2) is 10.0. The fourth-order valence-electron chi connectivity index (χ4n) is 5.18. The summed E-state index contributed by atoms with van der Waals surface area (Å²) in [5, 5.41) is 9.15. The number of hydrogen-bond acceptors (Lipinski definition) is 7. The third kappa shape index (κ3) is 4.38. The molecule has 6 aromatic rings. The molecule has 0 aliphatic carbocycles. The lowest BCUT2D eigenvalue weighted by Crippen LogP contribution is -2.15. The summed E-state index contributed by atoms with van der Waals surface area (Å²) in [7, 11) is 2.91. The van der Waals surface area contributed by atoms with Crippen LogP contribution in [0.15, 0.2) is 78.1 Å². The summed E-state index contributed by atoms with van der Waals surface area (Å²) in [6.45, 7) is 2.38. The number of aromatic nitrogens is 5. The lowest BCUT2D eigenvalue weighted by atomic mass is 10.1. The van der Waals surface area contributed by atoms with Gasteiger partial charge >= 0.3 is 0 Å². The maximum absolute atomic E-state index is 14.3. The minimum absolute atomic E-state index is 0.182. The van der Waals surface area contributed by atoms with Crippen molar-refractivity contribution in [2.45, 2.75) is 18.4 Å². The van der Waals surface area contributed by atoms with Crippen LogP contribution in [0.5, 0.6) is 11.5 Å². The Hall–Kier alpha value is -4.77. The van der Waals surface area contributed by atoms with Crippen LogP contribution in [0.1, 0.15) is 11.1 Å². The van der Waals surface area contributed by atoms with Crippen molar-refractivity contribution in [1.82, 2.24) is 23.3 Å². The molecule has 0 saturated heterocycles.